The molecule has 0 rings (SSSR count). The van der Waals surface area contributed by atoms with E-state index in [1.807, 2.05) is 6.92 Å². The number of unbranched alkanes of at least 4 members (excludes halogenated alkanes) is 13. The van der Waals surface area contributed by atoms with Crippen LogP contribution in [-0.4, -0.2) is 46.7 Å². The second kappa shape index (κ2) is 25.1. The summed E-state index contributed by atoms with van der Waals surface area (Å²) in [7, 11) is 0. The van der Waals surface area contributed by atoms with Crippen LogP contribution in [0.3, 0.4) is 0 Å². The molecule has 0 heterocycles. The summed E-state index contributed by atoms with van der Waals surface area (Å²) < 4.78 is 4.79. The van der Waals surface area contributed by atoms with Crippen molar-refractivity contribution in [1.82, 2.24) is 0 Å². The van der Waals surface area contributed by atoms with Gasteiger partial charge in [0, 0.05) is 0 Å². The zero-order valence-corrected chi connectivity index (χ0v) is 19.1. The van der Waals surface area contributed by atoms with Crippen molar-refractivity contribution in [1.29, 1.82) is 0 Å². The molecule has 0 aromatic carbocycles. The van der Waals surface area contributed by atoms with Crippen molar-refractivity contribution in [2.45, 2.75) is 122 Å². The monoisotopic (exact) mass is 416 g/mol. The van der Waals surface area contributed by atoms with Crippen LogP contribution in [0.15, 0.2) is 12.7 Å². The molecule has 0 fully saturated rings. The fraction of sp³-hybridized carbons (Fsp3) is 0.875. The number of hydrogen-bond donors (Lipinski definition) is 3. The number of aliphatic hydroxyl groups excluding tert-OH is 3. The highest BCUT2D eigenvalue weighted by Gasteiger charge is 2.20. The van der Waals surface area contributed by atoms with Crippen LogP contribution in [-0.2, 0) is 9.53 Å². The summed E-state index contributed by atoms with van der Waals surface area (Å²) in [6.07, 6.45) is 17.7. The van der Waals surface area contributed by atoms with Crippen LogP contribution in [0.5, 0.6) is 0 Å². The molecule has 29 heavy (non-hydrogen) atoms. The Hall–Kier alpha value is -0.910. The average molecular weight is 417 g/mol. The van der Waals surface area contributed by atoms with Crippen molar-refractivity contribution in [3.8, 4) is 0 Å². The van der Waals surface area contributed by atoms with Crippen molar-refractivity contribution in [3.05, 3.63) is 12.7 Å². The predicted octanol–water partition coefficient (Wildman–Crippen LogP) is 5.31. The smallest absolute Gasteiger partial charge is 0.335 e. The lowest BCUT2D eigenvalue weighted by Gasteiger charge is -2.15. The Morgan fingerprint density at radius 1 is 0.828 bits per heavy atom. The summed E-state index contributed by atoms with van der Waals surface area (Å²) in [6.45, 7) is 6.63. The molecule has 0 amide bonds. The summed E-state index contributed by atoms with van der Waals surface area (Å²) in [5, 5.41) is 27.4. The zero-order chi connectivity index (χ0) is 22.2. The van der Waals surface area contributed by atoms with Gasteiger partial charge in [0.25, 0.3) is 0 Å². The molecule has 0 radical (unpaired) electrons. The Labute approximate surface area is 179 Å². The molecule has 0 aromatic heterocycles. The number of esters is 1. The van der Waals surface area contributed by atoms with Crippen molar-refractivity contribution in [2.24, 2.45) is 0 Å². The van der Waals surface area contributed by atoms with Gasteiger partial charge in [-0.1, -0.05) is 103 Å². The second-order valence-corrected chi connectivity index (χ2v) is 7.73. The maximum Gasteiger partial charge on any atom is 0.335 e. The van der Waals surface area contributed by atoms with Gasteiger partial charge in [-0.05, 0) is 13.3 Å². The molecule has 1 atom stereocenters. The Balaban J connectivity index is 0. The fourth-order valence-electron chi connectivity index (χ4n) is 3.03. The van der Waals surface area contributed by atoms with E-state index < -0.39 is 31.4 Å². The summed E-state index contributed by atoms with van der Waals surface area (Å²) in [4.78, 5) is 11.5. The minimum absolute atomic E-state index is 0.375. The Morgan fingerprint density at radius 2 is 1.17 bits per heavy atom. The molecule has 0 spiro atoms. The van der Waals surface area contributed by atoms with Gasteiger partial charge in [-0.25, -0.2) is 4.79 Å². The van der Waals surface area contributed by atoms with Gasteiger partial charge in [0.15, 0.2) is 6.10 Å². The van der Waals surface area contributed by atoms with Crippen LogP contribution >= 0.6 is 0 Å². The highest BCUT2D eigenvalue weighted by Crippen LogP contribution is 2.14. The molecule has 5 heteroatoms. The van der Waals surface area contributed by atoms with Gasteiger partial charge in [-0.15, -0.1) is 6.58 Å². The minimum Gasteiger partial charge on any atom is -0.456 e. The molecule has 0 saturated heterocycles. The highest BCUT2D eigenvalue weighted by molar-refractivity contribution is 5.74. The van der Waals surface area contributed by atoms with E-state index in [1.54, 1.807) is 6.08 Å². The van der Waals surface area contributed by atoms with Crippen LogP contribution in [0.1, 0.15) is 110 Å². The van der Waals surface area contributed by atoms with Crippen LogP contribution < -0.4 is 0 Å². The fourth-order valence-corrected chi connectivity index (χ4v) is 3.03. The maximum absolute atomic E-state index is 11.5. The largest absolute Gasteiger partial charge is 0.456 e. The van der Waals surface area contributed by atoms with Crippen LogP contribution in [0.25, 0.3) is 0 Å². The number of rotatable bonds is 19. The number of carbonyl (C=O) groups excluding carboxylic acids is 1. The summed E-state index contributed by atoms with van der Waals surface area (Å²) >= 11 is 0. The average Bonchev–Trinajstić information content (AvgIpc) is 2.72. The number of carbonyl (C=O) groups is 1. The zero-order valence-electron chi connectivity index (χ0n) is 19.1. The van der Waals surface area contributed by atoms with Gasteiger partial charge in [-0.2, -0.15) is 0 Å². The molecule has 0 aliphatic rings. The van der Waals surface area contributed by atoms with E-state index in [1.165, 1.54) is 70.6 Å². The van der Waals surface area contributed by atoms with Gasteiger partial charge >= 0.3 is 5.97 Å². The molecule has 5 nitrogen and oxygen atoms in total. The lowest BCUT2D eigenvalue weighted by Crippen LogP contribution is -2.32. The Morgan fingerprint density at radius 3 is 1.52 bits per heavy atom. The van der Waals surface area contributed by atoms with Crippen molar-refractivity contribution in [2.75, 3.05) is 13.2 Å². The first-order chi connectivity index (χ1) is 14.1. The predicted molar refractivity (Wildman–Crippen MR) is 121 cm³/mol. The minimum atomic E-state index is -1.16. The first-order valence-corrected chi connectivity index (χ1v) is 11.7. The van der Waals surface area contributed by atoms with E-state index >= 15 is 0 Å². The summed E-state index contributed by atoms with van der Waals surface area (Å²) in [5.74, 6) is -0.757. The summed E-state index contributed by atoms with van der Waals surface area (Å²) in [6, 6.07) is 0. The molecule has 174 valence electrons. The first-order valence-electron chi connectivity index (χ1n) is 11.7. The quantitative estimate of drug-likeness (QED) is 0.151. The molecule has 0 aliphatic carbocycles. The summed E-state index contributed by atoms with van der Waals surface area (Å²) in [5.41, 5.74) is 0. The second-order valence-electron chi connectivity index (χ2n) is 7.73. The van der Waals surface area contributed by atoms with E-state index in [-0.39, 0.29) is 0 Å². The molecule has 0 saturated carbocycles. The van der Waals surface area contributed by atoms with Gasteiger partial charge in [0.2, 0.25) is 0 Å². The third-order valence-electron chi connectivity index (χ3n) is 4.79. The molecular formula is C24H48O5. The third kappa shape index (κ3) is 23.2. The van der Waals surface area contributed by atoms with Crippen LogP contribution in [0.4, 0.5) is 0 Å². The molecular weight excluding hydrogens is 368 g/mol. The van der Waals surface area contributed by atoms with Crippen molar-refractivity contribution >= 4 is 5.97 Å². The lowest BCUT2D eigenvalue weighted by atomic mass is 10.0. The molecule has 1 unspecified atom stereocenters. The van der Waals surface area contributed by atoms with Gasteiger partial charge < -0.3 is 20.1 Å². The van der Waals surface area contributed by atoms with E-state index in [0.29, 0.717) is 6.42 Å². The van der Waals surface area contributed by atoms with E-state index in [4.69, 9.17) is 14.9 Å². The number of ether oxygens (including phenoxy) is 1. The van der Waals surface area contributed by atoms with Gasteiger partial charge in [0.1, 0.15) is 6.10 Å². The number of aliphatic hydroxyl groups is 3. The Kier molecular flexibility index (Phi) is 26.2. The van der Waals surface area contributed by atoms with Crippen LogP contribution in [0, 0.1) is 0 Å². The molecule has 3 N–H and O–H groups in total. The van der Waals surface area contributed by atoms with Gasteiger partial charge in [0.05, 0.1) is 13.2 Å². The highest BCUT2D eigenvalue weighted by atomic mass is 16.6. The lowest BCUT2D eigenvalue weighted by molar-refractivity contribution is -0.163. The number of hydrogen-bond acceptors (Lipinski definition) is 5. The molecule has 0 aromatic rings. The SMILES string of the molecule is C=CC.CCCCCCCCCCCCCCCCC(O)C(=O)OC(CO)CO. The third-order valence-corrected chi connectivity index (χ3v) is 4.79. The molecule has 0 bridgehead atoms. The van der Waals surface area contributed by atoms with Crippen molar-refractivity contribution < 1.29 is 24.9 Å². The van der Waals surface area contributed by atoms with E-state index in [2.05, 4.69) is 13.5 Å². The standard InChI is InChI=1S/C21H42O5.C3H6/c1-2-3-4-5-6-7-8-9-10-11-12-13-14-15-16-20(24)21(25)26-19(17-22)18-23;1-3-2/h19-20,22-24H,2-18H2,1H3;3H,1H2,2H3. The molecule has 0 aliphatic heterocycles. The van der Waals surface area contributed by atoms with E-state index in [0.717, 1.165) is 19.3 Å². The first kappa shape index (κ1) is 30.3. The Bertz CT molecular complexity index is 342. The normalized spacial score (nSPS) is 11.7. The van der Waals surface area contributed by atoms with Crippen LogP contribution in [0.2, 0.25) is 0 Å². The van der Waals surface area contributed by atoms with E-state index in [9.17, 15) is 9.90 Å². The topological polar surface area (TPSA) is 87.0 Å². The van der Waals surface area contributed by atoms with Crippen molar-refractivity contribution in [3.63, 3.8) is 0 Å². The maximum atomic E-state index is 11.5. The number of allylic oxidation sites excluding steroid dienone is 1. The van der Waals surface area contributed by atoms with Gasteiger partial charge in [-0.3, -0.25) is 0 Å².